The highest BCUT2D eigenvalue weighted by molar-refractivity contribution is 9.10. The van der Waals surface area contributed by atoms with Crippen molar-refractivity contribution in [2.45, 2.75) is 40.2 Å². The Hall–Kier alpha value is -1.81. The van der Waals surface area contributed by atoms with Crippen LogP contribution in [0.2, 0.25) is 0 Å². The van der Waals surface area contributed by atoms with E-state index in [9.17, 15) is 9.90 Å². The summed E-state index contributed by atoms with van der Waals surface area (Å²) < 4.78 is 6.86. The fourth-order valence-corrected chi connectivity index (χ4v) is 3.08. The van der Waals surface area contributed by atoms with Gasteiger partial charge in [0.2, 0.25) is 0 Å². The van der Waals surface area contributed by atoms with E-state index in [2.05, 4.69) is 15.9 Å². The molecule has 0 radical (unpaired) electrons. The molecule has 0 unspecified atom stereocenters. The van der Waals surface area contributed by atoms with Gasteiger partial charge in [0, 0.05) is 16.5 Å². The number of aldehydes is 1. The average molecular weight is 391 g/mol. The van der Waals surface area contributed by atoms with Gasteiger partial charge in [0.05, 0.1) is 0 Å². The topological polar surface area (TPSA) is 46.5 Å². The number of rotatable bonds is 7. The molecule has 2 aromatic rings. The smallest absolute Gasteiger partial charge is 0.126 e. The van der Waals surface area contributed by atoms with Crippen LogP contribution in [0.15, 0.2) is 40.9 Å². The molecule has 0 aliphatic rings. The Morgan fingerprint density at radius 1 is 1.25 bits per heavy atom. The summed E-state index contributed by atoms with van der Waals surface area (Å²) in [5.41, 5.74) is 2.45. The first-order chi connectivity index (χ1) is 11.3. The molecule has 24 heavy (non-hydrogen) atoms. The van der Waals surface area contributed by atoms with Gasteiger partial charge in [-0.25, -0.2) is 0 Å². The number of ether oxygens (including phenoxy) is 1. The van der Waals surface area contributed by atoms with Crippen molar-refractivity contribution in [1.29, 1.82) is 0 Å². The van der Waals surface area contributed by atoms with Crippen LogP contribution in [0.3, 0.4) is 0 Å². The zero-order chi connectivity index (χ0) is 17.7. The molecule has 0 aliphatic carbocycles. The third kappa shape index (κ3) is 4.84. The molecule has 0 fully saturated rings. The van der Waals surface area contributed by atoms with Crippen LogP contribution in [-0.4, -0.2) is 11.4 Å². The summed E-state index contributed by atoms with van der Waals surface area (Å²) in [5, 5.41) is 10.5. The van der Waals surface area contributed by atoms with Crippen LogP contribution < -0.4 is 4.74 Å². The first-order valence-electron chi connectivity index (χ1n) is 7.95. The molecule has 0 aliphatic heterocycles. The Bertz CT molecular complexity index is 723. The van der Waals surface area contributed by atoms with E-state index in [1.807, 2.05) is 57.2 Å². The van der Waals surface area contributed by atoms with Crippen molar-refractivity contribution < 1.29 is 14.6 Å². The maximum atomic E-state index is 10.8. The maximum Gasteiger partial charge on any atom is 0.126 e. The van der Waals surface area contributed by atoms with Crippen LogP contribution in [0.5, 0.6) is 11.5 Å². The Morgan fingerprint density at radius 2 is 2.00 bits per heavy atom. The van der Waals surface area contributed by atoms with Crippen molar-refractivity contribution in [2.24, 2.45) is 5.41 Å². The molecule has 0 saturated carbocycles. The second-order valence-electron chi connectivity index (χ2n) is 6.83. The maximum absolute atomic E-state index is 10.8. The van der Waals surface area contributed by atoms with Crippen molar-refractivity contribution in [2.75, 3.05) is 0 Å². The van der Waals surface area contributed by atoms with Gasteiger partial charge >= 0.3 is 0 Å². The summed E-state index contributed by atoms with van der Waals surface area (Å²) in [5.74, 6) is 0.921. The SMILES string of the molecule is Cc1c(OCc2cccc(Br)c2)ccc(CC(C)(C)CC=O)c1O. The van der Waals surface area contributed by atoms with Gasteiger partial charge in [-0.15, -0.1) is 0 Å². The molecular formula is C20H23BrO3. The van der Waals surface area contributed by atoms with Crippen molar-refractivity contribution in [3.8, 4) is 11.5 Å². The van der Waals surface area contributed by atoms with Crippen LogP contribution in [-0.2, 0) is 17.8 Å². The first-order valence-corrected chi connectivity index (χ1v) is 8.74. The molecule has 0 bridgehead atoms. The Labute approximate surface area is 151 Å². The number of benzene rings is 2. The van der Waals surface area contributed by atoms with E-state index in [1.165, 1.54) is 0 Å². The lowest BCUT2D eigenvalue weighted by atomic mass is 9.82. The summed E-state index contributed by atoms with van der Waals surface area (Å²) in [6.45, 7) is 6.33. The largest absolute Gasteiger partial charge is 0.507 e. The van der Waals surface area contributed by atoms with Crippen molar-refractivity contribution in [3.63, 3.8) is 0 Å². The van der Waals surface area contributed by atoms with Gasteiger partial charge in [0.25, 0.3) is 0 Å². The van der Waals surface area contributed by atoms with E-state index in [1.54, 1.807) is 0 Å². The van der Waals surface area contributed by atoms with Crippen LogP contribution in [0.1, 0.15) is 37.0 Å². The van der Waals surface area contributed by atoms with Crippen LogP contribution in [0.25, 0.3) is 0 Å². The summed E-state index contributed by atoms with van der Waals surface area (Å²) in [6, 6.07) is 11.7. The highest BCUT2D eigenvalue weighted by Gasteiger charge is 2.21. The molecule has 4 heteroatoms. The molecule has 0 saturated heterocycles. The van der Waals surface area contributed by atoms with E-state index in [-0.39, 0.29) is 11.2 Å². The van der Waals surface area contributed by atoms with Crippen LogP contribution in [0.4, 0.5) is 0 Å². The molecule has 0 spiro atoms. The van der Waals surface area contributed by atoms with E-state index >= 15 is 0 Å². The second kappa shape index (κ2) is 7.84. The predicted octanol–water partition coefficient (Wildman–Crippen LogP) is 5.20. The quantitative estimate of drug-likeness (QED) is 0.660. The zero-order valence-electron chi connectivity index (χ0n) is 14.3. The number of hydrogen-bond donors (Lipinski definition) is 1. The molecule has 0 aromatic heterocycles. The number of aromatic hydroxyl groups is 1. The lowest BCUT2D eigenvalue weighted by Crippen LogP contribution is -2.15. The first kappa shape index (κ1) is 18.5. The van der Waals surface area contributed by atoms with Crippen molar-refractivity contribution >= 4 is 22.2 Å². The minimum absolute atomic E-state index is 0.176. The van der Waals surface area contributed by atoms with E-state index in [0.717, 1.165) is 27.4 Å². The monoisotopic (exact) mass is 390 g/mol. The molecular weight excluding hydrogens is 368 g/mol. The normalized spacial score (nSPS) is 11.3. The summed E-state index contributed by atoms with van der Waals surface area (Å²) in [7, 11) is 0. The van der Waals surface area contributed by atoms with Crippen molar-refractivity contribution in [3.05, 3.63) is 57.6 Å². The van der Waals surface area contributed by atoms with Crippen LogP contribution in [0, 0.1) is 12.3 Å². The number of carbonyl (C=O) groups is 1. The van der Waals surface area contributed by atoms with Gasteiger partial charge in [-0.1, -0.05) is 48.0 Å². The number of phenols is 1. The van der Waals surface area contributed by atoms with Crippen molar-refractivity contribution in [1.82, 2.24) is 0 Å². The van der Waals surface area contributed by atoms with Crippen LogP contribution >= 0.6 is 15.9 Å². The average Bonchev–Trinajstić information content (AvgIpc) is 2.51. The Kier molecular flexibility index (Phi) is 6.05. The van der Waals surface area contributed by atoms with Gasteiger partial charge in [0.15, 0.2) is 0 Å². The van der Waals surface area contributed by atoms with Gasteiger partial charge < -0.3 is 14.6 Å². The molecule has 0 atom stereocenters. The number of halogens is 1. The molecule has 2 aromatic carbocycles. The molecule has 0 amide bonds. The minimum atomic E-state index is -0.176. The molecule has 128 valence electrons. The van der Waals surface area contributed by atoms with E-state index in [4.69, 9.17) is 4.74 Å². The number of carbonyl (C=O) groups excluding carboxylic acids is 1. The lowest BCUT2D eigenvalue weighted by molar-refractivity contribution is -0.109. The second-order valence-corrected chi connectivity index (χ2v) is 7.74. The number of phenolic OH excluding ortho intramolecular Hbond substituents is 1. The third-order valence-electron chi connectivity index (χ3n) is 4.05. The highest BCUT2D eigenvalue weighted by Crippen LogP contribution is 2.35. The predicted molar refractivity (Wildman–Crippen MR) is 99.5 cm³/mol. The van der Waals surface area contributed by atoms with Gasteiger partial charge in [0.1, 0.15) is 24.4 Å². The molecule has 0 heterocycles. The summed E-state index contributed by atoms with van der Waals surface area (Å²) in [4.78, 5) is 10.8. The van der Waals surface area contributed by atoms with Gasteiger partial charge in [-0.05, 0) is 48.1 Å². The Balaban J connectivity index is 2.13. The molecule has 3 nitrogen and oxygen atoms in total. The fraction of sp³-hybridized carbons (Fsp3) is 0.350. The van der Waals surface area contributed by atoms with E-state index < -0.39 is 0 Å². The van der Waals surface area contributed by atoms with E-state index in [0.29, 0.717) is 25.2 Å². The highest BCUT2D eigenvalue weighted by atomic mass is 79.9. The lowest BCUT2D eigenvalue weighted by Gasteiger charge is -2.23. The number of hydrogen-bond acceptors (Lipinski definition) is 3. The third-order valence-corrected chi connectivity index (χ3v) is 4.55. The van der Waals surface area contributed by atoms with Gasteiger partial charge in [-0.2, -0.15) is 0 Å². The molecule has 2 rings (SSSR count). The standard InChI is InChI=1S/C20H23BrO3/c1-14-18(24-13-15-5-4-6-17(21)11-15)8-7-16(19(14)23)12-20(2,3)9-10-22/h4-8,10-11,23H,9,12-13H2,1-3H3. The summed E-state index contributed by atoms with van der Waals surface area (Å²) >= 11 is 3.44. The zero-order valence-corrected chi connectivity index (χ0v) is 15.9. The molecule has 1 N–H and O–H groups in total. The van der Waals surface area contributed by atoms with Gasteiger partial charge in [-0.3, -0.25) is 0 Å². The minimum Gasteiger partial charge on any atom is -0.507 e. The fourth-order valence-electron chi connectivity index (χ4n) is 2.64. The Morgan fingerprint density at radius 3 is 2.67 bits per heavy atom. The summed E-state index contributed by atoms with van der Waals surface area (Å²) in [6.07, 6.45) is 2.04.